The van der Waals surface area contributed by atoms with E-state index in [4.69, 9.17) is 0 Å². The highest BCUT2D eigenvalue weighted by molar-refractivity contribution is 9.13. The Kier molecular flexibility index (Phi) is 5.65. The summed E-state index contributed by atoms with van der Waals surface area (Å²) < 4.78 is 5.28. The third-order valence-corrected chi connectivity index (χ3v) is 6.70. The second-order valence-corrected chi connectivity index (χ2v) is 8.06. The van der Waals surface area contributed by atoms with Crippen molar-refractivity contribution in [2.24, 2.45) is 0 Å². The van der Waals surface area contributed by atoms with Gasteiger partial charge in [0.1, 0.15) is 0 Å². The number of thiophene rings is 1. The molecular weight excluding hydrogens is 458 g/mol. The van der Waals surface area contributed by atoms with Gasteiger partial charge in [0.15, 0.2) is 0 Å². The largest absolute Gasteiger partial charge is 0.305 e. The molecule has 0 bridgehead atoms. The normalized spacial score (nSPS) is 12.9. The molecule has 0 spiro atoms. The SMILES string of the molecule is CCNC(c1cc(Br)c(Br)s1)c1c(Br)cnn1CC. The van der Waals surface area contributed by atoms with Crippen molar-refractivity contribution in [1.29, 1.82) is 0 Å². The van der Waals surface area contributed by atoms with E-state index in [1.165, 1.54) is 10.6 Å². The first-order valence-corrected chi connectivity index (χ1v) is 9.17. The lowest BCUT2D eigenvalue weighted by Gasteiger charge is -2.18. The molecule has 1 atom stereocenters. The Morgan fingerprint density at radius 1 is 1.32 bits per heavy atom. The van der Waals surface area contributed by atoms with Crippen LogP contribution in [0.2, 0.25) is 0 Å². The lowest BCUT2D eigenvalue weighted by Crippen LogP contribution is -2.24. The monoisotopic (exact) mass is 469 g/mol. The van der Waals surface area contributed by atoms with Gasteiger partial charge in [0, 0.05) is 15.9 Å². The number of hydrogen-bond acceptors (Lipinski definition) is 3. The van der Waals surface area contributed by atoms with Crippen molar-refractivity contribution >= 4 is 59.1 Å². The molecule has 19 heavy (non-hydrogen) atoms. The minimum atomic E-state index is 0.148. The van der Waals surface area contributed by atoms with E-state index >= 15 is 0 Å². The first-order chi connectivity index (χ1) is 9.08. The Hall–Kier alpha value is 0.310. The Balaban J connectivity index is 2.47. The standard InChI is InChI=1S/C12H14Br3N3S/c1-3-16-10(9-5-7(13)12(15)19-9)11-8(14)6-17-18(11)4-2/h5-6,10,16H,3-4H2,1-2H3. The van der Waals surface area contributed by atoms with Crippen LogP contribution in [0.25, 0.3) is 0 Å². The summed E-state index contributed by atoms with van der Waals surface area (Å²) in [5.74, 6) is 0. The Morgan fingerprint density at radius 2 is 2.05 bits per heavy atom. The van der Waals surface area contributed by atoms with Crippen LogP contribution in [0, 0.1) is 0 Å². The molecule has 0 aliphatic heterocycles. The highest BCUT2D eigenvalue weighted by atomic mass is 79.9. The van der Waals surface area contributed by atoms with E-state index < -0.39 is 0 Å². The minimum Gasteiger partial charge on any atom is -0.305 e. The molecule has 0 aliphatic carbocycles. The zero-order chi connectivity index (χ0) is 14.0. The number of nitrogens with one attached hydrogen (secondary N) is 1. The van der Waals surface area contributed by atoms with E-state index in [1.807, 2.05) is 10.9 Å². The molecule has 2 rings (SSSR count). The third-order valence-electron chi connectivity index (χ3n) is 2.76. The summed E-state index contributed by atoms with van der Waals surface area (Å²) in [6.45, 7) is 5.98. The van der Waals surface area contributed by atoms with Gasteiger partial charge in [-0.1, -0.05) is 6.92 Å². The summed E-state index contributed by atoms with van der Waals surface area (Å²) in [6, 6.07) is 2.30. The van der Waals surface area contributed by atoms with Crippen LogP contribution < -0.4 is 5.32 Å². The number of nitrogens with zero attached hydrogens (tertiary/aromatic N) is 2. The predicted octanol–water partition coefficient (Wildman–Crippen LogP) is 4.95. The molecule has 0 amide bonds. The van der Waals surface area contributed by atoms with Gasteiger partial charge in [0.2, 0.25) is 0 Å². The lowest BCUT2D eigenvalue weighted by molar-refractivity contribution is 0.545. The molecular formula is C12H14Br3N3S. The molecule has 1 N–H and O–H groups in total. The minimum absolute atomic E-state index is 0.148. The summed E-state index contributed by atoms with van der Waals surface area (Å²) >= 11 is 12.5. The van der Waals surface area contributed by atoms with Crippen molar-refractivity contribution in [2.75, 3.05) is 6.54 Å². The highest BCUT2D eigenvalue weighted by Crippen LogP contribution is 2.39. The second kappa shape index (κ2) is 6.85. The maximum Gasteiger partial charge on any atom is 0.0854 e. The maximum absolute atomic E-state index is 4.40. The van der Waals surface area contributed by atoms with Crippen LogP contribution in [0.15, 0.2) is 25.0 Å². The second-order valence-electron chi connectivity index (χ2n) is 3.95. The molecule has 2 aromatic heterocycles. The predicted molar refractivity (Wildman–Crippen MR) is 90.8 cm³/mol. The van der Waals surface area contributed by atoms with Gasteiger partial charge in [-0.2, -0.15) is 5.10 Å². The number of hydrogen-bond donors (Lipinski definition) is 1. The molecule has 0 saturated heterocycles. The van der Waals surface area contributed by atoms with Crippen molar-refractivity contribution < 1.29 is 0 Å². The van der Waals surface area contributed by atoms with Crippen LogP contribution in [0.5, 0.6) is 0 Å². The summed E-state index contributed by atoms with van der Waals surface area (Å²) in [4.78, 5) is 1.26. The zero-order valence-corrected chi connectivity index (χ0v) is 16.2. The van der Waals surface area contributed by atoms with E-state index in [2.05, 4.69) is 78.1 Å². The average Bonchev–Trinajstić information content (AvgIpc) is 2.91. The van der Waals surface area contributed by atoms with Gasteiger partial charge in [0.25, 0.3) is 0 Å². The molecule has 0 fully saturated rings. The van der Waals surface area contributed by atoms with E-state index in [1.54, 1.807) is 11.3 Å². The van der Waals surface area contributed by atoms with E-state index in [0.717, 1.165) is 25.8 Å². The van der Waals surface area contributed by atoms with Gasteiger partial charge in [-0.25, -0.2) is 0 Å². The fourth-order valence-electron chi connectivity index (χ4n) is 1.95. The van der Waals surface area contributed by atoms with Gasteiger partial charge in [-0.3, -0.25) is 4.68 Å². The Morgan fingerprint density at radius 3 is 2.58 bits per heavy atom. The lowest BCUT2D eigenvalue weighted by atomic mass is 10.1. The van der Waals surface area contributed by atoms with Crippen molar-refractivity contribution in [1.82, 2.24) is 15.1 Å². The van der Waals surface area contributed by atoms with Crippen LogP contribution in [0.4, 0.5) is 0 Å². The summed E-state index contributed by atoms with van der Waals surface area (Å²) in [5.41, 5.74) is 1.17. The van der Waals surface area contributed by atoms with Gasteiger partial charge in [-0.15, -0.1) is 11.3 Å². The number of halogens is 3. The number of aryl methyl sites for hydroxylation is 1. The summed E-state index contributed by atoms with van der Waals surface area (Å²) in [7, 11) is 0. The molecule has 104 valence electrons. The van der Waals surface area contributed by atoms with Gasteiger partial charge in [0.05, 0.1) is 26.2 Å². The Bertz CT molecular complexity index is 545. The molecule has 0 radical (unpaired) electrons. The van der Waals surface area contributed by atoms with Crippen molar-refractivity contribution in [3.63, 3.8) is 0 Å². The quantitative estimate of drug-likeness (QED) is 0.668. The van der Waals surface area contributed by atoms with Gasteiger partial charge >= 0.3 is 0 Å². The maximum atomic E-state index is 4.40. The fraction of sp³-hybridized carbons (Fsp3) is 0.417. The molecule has 0 aliphatic rings. The van der Waals surface area contributed by atoms with Crippen LogP contribution in [0.1, 0.15) is 30.5 Å². The molecule has 3 nitrogen and oxygen atoms in total. The van der Waals surface area contributed by atoms with E-state index in [9.17, 15) is 0 Å². The molecule has 0 aromatic carbocycles. The van der Waals surface area contributed by atoms with Gasteiger partial charge in [-0.05, 0) is 67.3 Å². The van der Waals surface area contributed by atoms with Crippen LogP contribution in [-0.2, 0) is 6.54 Å². The number of aromatic nitrogens is 2. The van der Waals surface area contributed by atoms with Crippen molar-refractivity contribution in [3.05, 3.63) is 35.6 Å². The number of rotatable bonds is 5. The van der Waals surface area contributed by atoms with Crippen molar-refractivity contribution in [2.45, 2.75) is 26.4 Å². The Labute approximate surface area is 142 Å². The van der Waals surface area contributed by atoms with Crippen molar-refractivity contribution in [3.8, 4) is 0 Å². The summed E-state index contributed by atoms with van der Waals surface area (Å²) in [5, 5.41) is 7.94. The van der Waals surface area contributed by atoms with Crippen LogP contribution in [0.3, 0.4) is 0 Å². The summed E-state index contributed by atoms with van der Waals surface area (Å²) in [6.07, 6.45) is 1.86. The van der Waals surface area contributed by atoms with Crippen LogP contribution >= 0.6 is 59.1 Å². The first kappa shape index (κ1) is 15.7. The molecule has 2 aromatic rings. The first-order valence-electron chi connectivity index (χ1n) is 5.97. The molecule has 1 unspecified atom stereocenters. The van der Waals surface area contributed by atoms with E-state index in [-0.39, 0.29) is 6.04 Å². The topological polar surface area (TPSA) is 29.9 Å². The van der Waals surface area contributed by atoms with Gasteiger partial charge < -0.3 is 5.32 Å². The molecule has 0 saturated carbocycles. The smallest absolute Gasteiger partial charge is 0.0854 e. The average molecular weight is 472 g/mol. The van der Waals surface area contributed by atoms with Crippen LogP contribution in [-0.4, -0.2) is 16.3 Å². The van der Waals surface area contributed by atoms with E-state index in [0.29, 0.717) is 0 Å². The highest BCUT2D eigenvalue weighted by Gasteiger charge is 2.23. The third kappa shape index (κ3) is 3.32. The zero-order valence-electron chi connectivity index (χ0n) is 10.6. The molecule has 2 heterocycles. The fourth-order valence-corrected chi connectivity index (χ4v) is 4.65. The molecule has 7 heteroatoms.